The minimum Gasteiger partial charge on any atom is -0.381 e. The van der Waals surface area contributed by atoms with E-state index in [1.165, 1.54) is 12.8 Å². The molecule has 1 aliphatic heterocycles. The minimum absolute atomic E-state index is 0.260. The molecule has 0 spiro atoms. The first-order valence-electron chi connectivity index (χ1n) is 5.93. The van der Waals surface area contributed by atoms with Gasteiger partial charge < -0.3 is 10.1 Å². The van der Waals surface area contributed by atoms with E-state index in [1.54, 1.807) is 12.4 Å². The number of aromatic nitrogens is 2. The van der Waals surface area contributed by atoms with Crippen molar-refractivity contribution in [3.05, 3.63) is 24.3 Å². The Hall–Kier alpha value is -1.00. The molecule has 1 fully saturated rings. The standard InChI is InChI=1S/C12H19N3O/c1-10(12-8-13-4-5-14-12)15-7-11-3-2-6-16-9-11/h4-5,8,10-11,15H,2-3,6-7,9H2,1H3. The number of nitrogens with one attached hydrogen (secondary N) is 1. The molecular formula is C12H19N3O. The van der Waals surface area contributed by atoms with Crippen LogP contribution in [0.15, 0.2) is 18.6 Å². The number of hydrogen-bond acceptors (Lipinski definition) is 4. The second kappa shape index (κ2) is 5.92. The van der Waals surface area contributed by atoms with Gasteiger partial charge in [0.25, 0.3) is 0 Å². The Kier molecular flexibility index (Phi) is 4.25. The zero-order chi connectivity index (χ0) is 11.2. The second-order valence-electron chi connectivity index (χ2n) is 4.34. The third-order valence-corrected chi connectivity index (χ3v) is 2.99. The van der Waals surface area contributed by atoms with Crippen LogP contribution in [-0.2, 0) is 4.74 Å². The van der Waals surface area contributed by atoms with Crippen LogP contribution in [0.2, 0.25) is 0 Å². The van der Waals surface area contributed by atoms with Crippen molar-refractivity contribution in [3.8, 4) is 0 Å². The summed E-state index contributed by atoms with van der Waals surface area (Å²) in [5.74, 6) is 0.646. The first-order valence-corrected chi connectivity index (χ1v) is 5.93. The molecule has 0 amide bonds. The van der Waals surface area contributed by atoms with E-state index in [-0.39, 0.29) is 6.04 Å². The molecule has 1 N–H and O–H groups in total. The Morgan fingerprint density at radius 3 is 3.19 bits per heavy atom. The zero-order valence-corrected chi connectivity index (χ0v) is 9.72. The summed E-state index contributed by atoms with van der Waals surface area (Å²) in [4.78, 5) is 8.36. The Morgan fingerprint density at radius 2 is 2.50 bits per heavy atom. The van der Waals surface area contributed by atoms with Crippen molar-refractivity contribution in [1.29, 1.82) is 0 Å². The van der Waals surface area contributed by atoms with Gasteiger partial charge in [-0.25, -0.2) is 0 Å². The van der Waals surface area contributed by atoms with Crippen LogP contribution in [0.3, 0.4) is 0 Å². The fourth-order valence-electron chi connectivity index (χ4n) is 1.95. The van der Waals surface area contributed by atoms with Crippen LogP contribution in [0.1, 0.15) is 31.5 Å². The Bertz CT molecular complexity index is 298. The Labute approximate surface area is 96.4 Å². The van der Waals surface area contributed by atoms with Gasteiger partial charge in [-0.05, 0) is 25.7 Å². The molecule has 2 atom stereocenters. The smallest absolute Gasteiger partial charge is 0.0753 e. The Balaban J connectivity index is 1.77. The highest BCUT2D eigenvalue weighted by Gasteiger charge is 2.15. The predicted molar refractivity (Wildman–Crippen MR) is 62.0 cm³/mol. The summed E-state index contributed by atoms with van der Waals surface area (Å²) in [5.41, 5.74) is 0.999. The molecular weight excluding hydrogens is 202 g/mol. The lowest BCUT2D eigenvalue weighted by Gasteiger charge is -2.24. The van der Waals surface area contributed by atoms with E-state index in [1.807, 2.05) is 6.20 Å². The van der Waals surface area contributed by atoms with E-state index in [2.05, 4.69) is 22.2 Å². The summed E-state index contributed by atoms with van der Waals surface area (Å²) < 4.78 is 5.45. The quantitative estimate of drug-likeness (QED) is 0.838. The number of rotatable bonds is 4. The van der Waals surface area contributed by atoms with E-state index in [0.717, 1.165) is 25.5 Å². The summed E-state index contributed by atoms with van der Waals surface area (Å²) in [5, 5.41) is 3.49. The number of hydrogen-bond donors (Lipinski definition) is 1. The van der Waals surface area contributed by atoms with Crippen LogP contribution in [0.5, 0.6) is 0 Å². The average molecular weight is 221 g/mol. The molecule has 4 heteroatoms. The highest BCUT2D eigenvalue weighted by molar-refractivity contribution is 5.00. The van der Waals surface area contributed by atoms with Gasteiger partial charge >= 0.3 is 0 Å². The maximum absolute atomic E-state index is 5.45. The van der Waals surface area contributed by atoms with Crippen molar-refractivity contribution in [2.75, 3.05) is 19.8 Å². The van der Waals surface area contributed by atoms with Gasteiger partial charge in [0.2, 0.25) is 0 Å². The van der Waals surface area contributed by atoms with Crippen LogP contribution in [0.4, 0.5) is 0 Å². The van der Waals surface area contributed by atoms with Gasteiger partial charge in [0, 0.05) is 37.8 Å². The summed E-state index contributed by atoms with van der Waals surface area (Å²) in [7, 11) is 0. The van der Waals surface area contributed by atoms with E-state index < -0.39 is 0 Å². The van der Waals surface area contributed by atoms with Crippen molar-refractivity contribution in [3.63, 3.8) is 0 Å². The fraction of sp³-hybridized carbons (Fsp3) is 0.667. The molecule has 0 saturated carbocycles. The van der Waals surface area contributed by atoms with Crippen molar-refractivity contribution in [1.82, 2.24) is 15.3 Å². The lowest BCUT2D eigenvalue weighted by atomic mass is 10.0. The van der Waals surface area contributed by atoms with E-state index in [0.29, 0.717) is 5.92 Å². The summed E-state index contributed by atoms with van der Waals surface area (Å²) in [6, 6.07) is 0.260. The zero-order valence-electron chi connectivity index (χ0n) is 9.72. The predicted octanol–water partition coefficient (Wildman–Crippen LogP) is 1.55. The van der Waals surface area contributed by atoms with Crippen molar-refractivity contribution in [2.24, 2.45) is 5.92 Å². The first kappa shape index (κ1) is 11.5. The molecule has 1 aliphatic rings. The lowest BCUT2D eigenvalue weighted by molar-refractivity contribution is 0.0539. The van der Waals surface area contributed by atoms with Crippen LogP contribution in [-0.4, -0.2) is 29.7 Å². The summed E-state index contributed by atoms with van der Waals surface area (Å²) in [6.07, 6.45) is 7.70. The van der Waals surface area contributed by atoms with Crippen LogP contribution >= 0.6 is 0 Å². The van der Waals surface area contributed by atoms with E-state index in [4.69, 9.17) is 4.74 Å². The summed E-state index contributed by atoms with van der Waals surface area (Å²) >= 11 is 0. The van der Waals surface area contributed by atoms with E-state index >= 15 is 0 Å². The highest BCUT2D eigenvalue weighted by Crippen LogP contribution is 2.14. The Morgan fingerprint density at radius 1 is 1.56 bits per heavy atom. The highest BCUT2D eigenvalue weighted by atomic mass is 16.5. The van der Waals surface area contributed by atoms with Crippen LogP contribution < -0.4 is 5.32 Å². The van der Waals surface area contributed by atoms with Crippen molar-refractivity contribution < 1.29 is 4.74 Å². The molecule has 88 valence electrons. The molecule has 2 heterocycles. The third kappa shape index (κ3) is 3.25. The maximum atomic E-state index is 5.45. The van der Waals surface area contributed by atoms with Gasteiger partial charge in [0.15, 0.2) is 0 Å². The second-order valence-corrected chi connectivity index (χ2v) is 4.34. The molecule has 4 nitrogen and oxygen atoms in total. The molecule has 0 radical (unpaired) electrons. The van der Waals surface area contributed by atoms with E-state index in [9.17, 15) is 0 Å². The molecule has 2 rings (SSSR count). The van der Waals surface area contributed by atoms with Crippen molar-refractivity contribution >= 4 is 0 Å². The molecule has 1 saturated heterocycles. The van der Waals surface area contributed by atoms with Crippen LogP contribution in [0.25, 0.3) is 0 Å². The molecule has 1 aromatic heterocycles. The molecule has 0 aliphatic carbocycles. The topological polar surface area (TPSA) is 47.0 Å². The third-order valence-electron chi connectivity index (χ3n) is 2.99. The molecule has 2 unspecified atom stereocenters. The number of ether oxygens (including phenoxy) is 1. The SMILES string of the molecule is CC(NCC1CCCOC1)c1cnccn1. The lowest BCUT2D eigenvalue weighted by Crippen LogP contribution is -2.31. The first-order chi connectivity index (χ1) is 7.86. The average Bonchev–Trinajstić information content (AvgIpc) is 2.38. The van der Waals surface area contributed by atoms with Crippen molar-refractivity contribution in [2.45, 2.75) is 25.8 Å². The van der Waals surface area contributed by atoms with Crippen LogP contribution in [0, 0.1) is 5.92 Å². The largest absolute Gasteiger partial charge is 0.381 e. The van der Waals surface area contributed by atoms with Gasteiger partial charge in [0.1, 0.15) is 0 Å². The fourth-order valence-corrected chi connectivity index (χ4v) is 1.95. The van der Waals surface area contributed by atoms with Gasteiger partial charge in [-0.1, -0.05) is 0 Å². The molecule has 0 bridgehead atoms. The molecule has 16 heavy (non-hydrogen) atoms. The molecule has 0 aromatic carbocycles. The van der Waals surface area contributed by atoms with Gasteiger partial charge in [-0.2, -0.15) is 0 Å². The monoisotopic (exact) mass is 221 g/mol. The minimum atomic E-state index is 0.260. The maximum Gasteiger partial charge on any atom is 0.0753 e. The van der Waals surface area contributed by atoms with Gasteiger partial charge in [0.05, 0.1) is 12.3 Å². The number of nitrogens with zero attached hydrogens (tertiary/aromatic N) is 2. The normalized spacial score (nSPS) is 22.9. The van der Waals surface area contributed by atoms with Gasteiger partial charge in [-0.3, -0.25) is 9.97 Å². The summed E-state index contributed by atoms with van der Waals surface area (Å²) in [6.45, 7) is 4.93. The molecule has 1 aromatic rings. The van der Waals surface area contributed by atoms with Gasteiger partial charge in [-0.15, -0.1) is 0 Å².